The lowest BCUT2D eigenvalue weighted by Gasteiger charge is -2.29. The largest absolute Gasteiger partial charge is 0.494 e. The minimum atomic E-state index is -0.442. The van der Waals surface area contributed by atoms with E-state index in [1.54, 1.807) is 0 Å². The first kappa shape index (κ1) is 15.8. The van der Waals surface area contributed by atoms with Crippen LogP contribution in [-0.2, 0) is 9.59 Å². The molecule has 2 fully saturated rings. The van der Waals surface area contributed by atoms with Crippen LogP contribution < -0.4 is 10.1 Å². The fraction of sp³-hybridized carbons (Fsp3) is 0.556. The average Bonchev–Trinajstić information content (AvgIpc) is 2.84. The van der Waals surface area contributed by atoms with Gasteiger partial charge in [-0.1, -0.05) is 19.3 Å². The molecule has 0 aromatic heterocycles. The van der Waals surface area contributed by atoms with Crippen LogP contribution in [0, 0.1) is 0 Å². The number of imide groups is 1. The molecule has 5 nitrogen and oxygen atoms in total. The second-order valence-electron chi connectivity index (χ2n) is 6.25. The van der Waals surface area contributed by atoms with Crippen molar-refractivity contribution >= 4 is 17.5 Å². The Kier molecular flexibility index (Phi) is 4.84. The molecular weight excluding hydrogens is 292 g/mol. The molecule has 5 heteroatoms. The third-order valence-electron chi connectivity index (χ3n) is 4.63. The number of nitrogens with one attached hydrogen (secondary N) is 1. The topological polar surface area (TPSA) is 58.6 Å². The highest BCUT2D eigenvalue weighted by Crippen LogP contribution is 2.28. The zero-order valence-corrected chi connectivity index (χ0v) is 13.6. The van der Waals surface area contributed by atoms with E-state index in [0.717, 1.165) is 37.1 Å². The molecule has 0 spiro atoms. The van der Waals surface area contributed by atoms with E-state index < -0.39 is 6.04 Å². The van der Waals surface area contributed by atoms with Crippen LogP contribution in [-0.4, -0.2) is 35.4 Å². The first-order valence-corrected chi connectivity index (χ1v) is 8.54. The van der Waals surface area contributed by atoms with Crippen LogP contribution in [0.3, 0.4) is 0 Å². The zero-order valence-electron chi connectivity index (χ0n) is 13.6. The standard InChI is InChI=1S/C18H24N2O3/c1-2-23-15-10-8-13(9-11-15)19-16-12-17(21)20(18(16)22)14-6-4-3-5-7-14/h8-11,14,16,19H,2-7,12H2,1H3/t16-/m0/s1. The fourth-order valence-corrected chi connectivity index (χ4v) is 3.50. The number of rotatable bonds is 5. The monoisotopic (exact) mass is 316 g/mol. The zero-order chi connectivity index (χ0) is 16.2. The van der Waals surface area contributed by atoms with E-state index in [9.17, 15) is 9.59 Å². The van der Waals surface area contributed by atoms with Crippen LogP contribution in [0.5, 0.6) is 5.75 Å². The molecule has 3 rings (SSSR count). The summed E-state index contributed by atoms with van der Waals surface area (Å²) >= 11 is 0. The summed E-state index contributed by atoms with van der Waals surface area (Å²) in [5, 5.41) is 3.19. The number of amides is 2. The third kappa shape index (κ3) is 3.49. The maximum Gasteiger partial charge on any atom is 0.252 e. The van der Waals surface area contributed by atoms with E-state index in [2.05, 4.69) is 5.32 Å². The molecule has 1 aliphatic heterocycles. The Morgan fingerprint density at radius 1 is 1.13 bits per heavy atom. The van der Waals surface area contributed by atoms with Crippen molar-refractivity contribution in [2.75, 3.05) is 11.9 Å². The lowest BCUT2D eigenvalue weighted by molar-refractivity contribution is -0.141. The molecule has 1 atom stereocenters. The summed E-state index contributed by atoms with van der Waals surface area (Å²) in [6.07, 6.45) is 5.58. The molecule has 1 aromatic rings. The van der Waals surface area contributed by atoms with Gasteiger partial charge >= 0.3 is 0 Å². The number of hydrogen-bond donors (Lipinski definition) is 1. The average molecular weight is 316 g/mol. The molecule has 1 heterocycles. The predicted molar refractivity (Wildman–Crippen MR) is 88.4 cm³/mol. The van der Waals surface area contributed by atoms with Crippen LogP contribution in [0.15, 0.2) is 24.3 Å². The summed E-state index contributed by atoms with van der Waals surface area (Å²) in [5.74, 6) is 0.692. The lowest BCUT2D eigenvalue weighted by Crippen LogP contribution is -2.43. The van der Waals surface area contributed by atoms with Crippen molar-refractivity contribution in [1.29, 1.82) is 0 Å². The summed E-state index contributed by atoms with van der Waals surface area (Å²) in [7, 11) is 0. The Balaban J connectivity index is 1.64. The molecule has 2 amide bonds. The highest BCUT2D eigenvalue weighted by atomic mass is 16.5. The van der Waals surface area contributed by atoms with Crippen molar-refractivity contribution in [1.82, 2.24) is 4.90 Å². The second-order valence-corrected chi connectivity index (χ2v) is 6.25. The van der Waals surface area contributed by atoms with Gasteiger partial charge in [-0.15, -0.1) is 0 Å². The molecule has 1 aliphatic carbocycles. The summed E-state index contributed by atoms with van der Waals surface area (Å²) < 4.78 is 5.41. The van der Waals surface area contributed by atoms with Crippen molar-refractivity contribution < 1.29 is 14.3 Å². The highest BCUT2D eigenvalue weighted by molar-refractivity contribution is 6.07. The van der Waals surface area contributed by atoms with Gasteiger partial charge in [-0.2, -0.15) is 0 Å². The number of likely N-dealkylation sites (tertiary alicyclic amines) is 1. The summed E-state index contributed by atoms with van der Waals surface area (Å²) in [6.45, 7) is 2.56. The lowest BCUT2D eigenvalue weighted by atomic mass is 9.94. The maximum atomic E-state index is 12.6. The van der Waals surface area contributed by atoms with E-state index in [4.69, 9.17) is 4.74 Å². The van der Waals surface area contributed by atoms with E-state index in [1.165, 1.54) is 11.3 Å². The molecule has 2 aliphatic rings. The van der Waals surface area contributed by atoms with Crippen molar-refractivity contribution in [3.05, 3.63) is 24.3 Å². The number of carbonyl (C=O) groups is 2. The first-order valence-electron chi connectivity index (χ1n) is 8.54. The summed E-state index contributed by atoms with van der Waals surface area (Å²) in [5.41, 5.74) is 0.838. The molecule has 0 radical (unpaired) electrons. The van der Waals surface area contributed by atoms with Crippen LogP contribution in [0.4, 0.5) is 5.69 Å². The fourth-order valence-electron chi connectivity index (χ4n) is 3.50. The number of benzene rings is 1. The van der Waals surface area contributed by atoms with Crippen LogP contribution in [0.25, 0.3) is 0 Å². The normalized spacial score (nSPS) is 22.5. The number of hydrogen-bond acceptors (Lipinski definition) is 4. The molecule has 1 N–H and O–H groups in total. The van der Waals surface area contributed by atoms with Crippen molar-refractivity contribution in [3.8, 4) is 5.75 Å². The minimum absolute atomic E-state index is 0.0367. The van der Waals surface area contributed by atoms with Crippen molar-refractivity contribution in [2.45, 2.75) is 57.5 Å². The van der Waals surface area contributed by atoms with E-state index in [0.29, 0.717) is 6.61 Å². The summed E-state index contributed by atoms with van der Waals surface area (Å²) in [6, 6.07) is 7.16. The van der Waals surface area contributed by atoms with Gasteiger partial charge in [0, 0.05) is 11.7 Å². The predicted octanol–water partition coefficient (Wildman–Crippen LogP) is 2.96. The quantitative estimate of drug-likeness (QED) is 0.849. The minimum Gasteiger partial charge on any atom is -0.494 e. The van der Waals surface area contributed by atoms with Crippen LogP contribution in [0.1, 0.15) is 45.4 Å². The number of nitrogens with zero attached hydrogens (tertiary/aromatic N) is 1. The van der Waals surface area contributed by atoms with Gasteiger partial charge in [0.05, 0.1) is 13.0 Å². The van der Waals surface area contributed by atoms with Gasteiger partial charge in [0.15, 0.2) is 0 Å². The van der Waals surface area contributed by atoms with Gasteiger partial charge in [-0.3, -0.25) is 14.5 Å². The Hall–Kier alpha value is -2.04. The molecule has 23 heavy (non-hydrogen) atoms. The highest BCUT2D eigenvalue weighted by Gasteiger charge is 2.42. The Morgan fingerprint density at radius 3 is 2.48 bits per heavy atom. The molecule has 1 aromatic carbocycles. The summed E-state index contributed by atoms with van der Waals surface area (Å²) in [4.78, 5) is 26.4. The van der Waals surface area contributed by atoms with Gasteiger partial charge in [0.25, 0.3) is 5.91 Å². The molecular formula is C18H24N2O3. The van der Waals surface area contributed by atoms with Gasteiger partial charge in [0.2, 0.25) is 5.91 Å². The Labute approximate surface area is 137 Å². The molecule has 0 unspecified atom stereocenters. The van der Waals surface area contributed by atoms with Gasteiger partial charge in [0.1, 0.15) is 11.8 Å². The number of anilines is 1. The van der Waals surface area contributed by atoms with E-state index in [1.807, 2.05) is 31.2 Å². The molecule has 124 valence electrons. The van der Waals surface area contributed by atoms with Gasteiger partial charge in [-0.25, -0.2) is 0 Å². The Bertz CT molecular complexity index is 564. The molecule has 1 saturated heterocycles. The van der Waals surface area contributed by atoms with Crippen molar-refractivity contribution in [3.63, 3.8) is 0 Å². The van der Waals surface area contributed by atoms with Crippen LogP contribution in [0.2, 0.25) is 0 Å². The SMILES string of the molecule is CCOc1ccc(N[C@H]2CC(=O)N(C3CCCCC3)C2=O)cc1. The van der Waals surface area contributed by atoms with Crippen LogP contribution >= 0.6 is 0 Å². The Morgan fingerprint density at radius 2 is 1.83 bits per heavy atom. The smallest absolute Gasteiger partial charge is 0.252 e. The van der Waals surface area contributed by atoms with Gasteiger partial charge < -0.3 is 10.1 Å². The third-order valence-corrected chi connectivity index (χ3v) is 4.63. The molecule has 0 bridgehead atoms. The van der Waals surface area contributed by atoms with E-state index in [-0.39, 0.29) is 24.3 Å². The van der Waals surface area contributed by atoms with Gasteiger partial charge in [-0.05, 0) is 44.0 Å². The molecule has 1 saturated carbocycles. The second kappa shape index (κ2) is 7.02. The van der Waals surface area contributed by atoms with Crippen molar-refractivity contribution in [2.24, 2.45) is 0 Å². The number of ether oxygens (including phenoxy) is 1. The van der Waals surface area contributed by atoms with E-state index >= 15 is 0 Å². The maximum absolute atomic E-state index is 12.6. The number of carbonyl (C=O) groups excluding carboxylic acids is 2. The first-order chi connectivity index (χ1) is 11.2.